The number of rotatable bonds is 4. The third-order valence-electron chi connectivity index (χ3n) is 5.12. The minimum atomic E-state index is -0.967. The van der Waals surface area contributed by atoms with Gasteiger partial charge in [-0.05, 0) is 47.9 Å². The molecule has 0 saturated heterocycles. The zero-order valence-corrected chi connectivity index (χ0v) is 15.6. The van der Waals surface area contributed by atoms with Gasteiger partial charge in [0.15, 0.2) is 5.78 Å². The summed E-state index contributed by atoms with van der Waals surface area (Å²) in [6.07, 6.45) is 2.06. The number of amides is 1. The number of nitrogens with one attached hydrogen (secondary N) is 1. The van der Waals surface area contributed by atoms with E-state index in [0.717, 1.165) is 5.56 Å². The molecule has 0 bridgehead atoms. The van der Waals surface area contributed by atoms with E-state index in [1.54, 1.807) is 19.1 Å². The second-order valence-electron chi connectivity index (χ2n) is 6.67. The van der Waals surface area contributed by atoms with Crippen molar-refractivity contribution in [2.75, 3.05) is 6.61 Å². The van der Waals surface area contributed by atoms with Crippen LogP contribution < -0.4 is 5.32 Å². The number of hydrogen-bond donors (Lipinski definition) is 1. The summed E-state index contributed by atoms with van der Waals surface area (Å²) in [4.78, 5) is 38.4. The third kappa shape index (κ3) is 3.12. The van der Waals surface area contributed by atoms with Crippen LogP contribution >= 0.6 is 11.3 Å². The van der Waals surface area contributed by atoms with Gasteiger partial charge in [0.1, 0.15) is 11.7 Å². The molecule has 0 aromatic carbocycles. The molecule has 3 heterocycles. The van der Waals surface area contributed by atoms with Crippen molar-refractivity contribution in [3.8, 4) is 0 Å². The second-order valence-corrected chi connectivity index (χ2v) is 7.45. The van der Waals surface area contributed by atoms with E-state index in [9.17, 15) is 14.4 Å². The molecule has 2 aromatic heterocycles. The Morgan fingerprint density at radius 3 is 2.85 bits per heavy atom. The van der Waals surface area contributed by atoms with Crippen LogP contribution in [0.5, 0.6) is 0 Å². The number of Topliss-reactive ketones (excluding diaryl/α,β-unsaturated/α-hetero) is 1. The predicted octanol–water partition coefficient (Wildman–Crippen LogP) is 3.13. The van der Waals surface area contributed by atoms with Gasteiger partial charge in [-0.15, -0.1) is 0 Å². The van der Waals surface area contributed by atoms with E-state index in [2.05, 4.69) is 5.32 Å². The summed E-state index contributed by atoms with van der Waals surface area (Å²) < 4.78 is 10.7. The second kappa shape index (κ2) is 7.15. The quantitative estimate of drug-likeness (QED) is 0.646. The molecule has 0 saturated carbocycles. The Bertz CT molecular complexity index is 897. The third-order valence-corrected chi connectivity index (χ3v) is 5.82. The summed E-state index contributed by atoms with van der Waals surface area (Å²) in [6.45, 7) is 1.91. The van der Waals surface area contributed by atoms with Gasteiger partial charge >= 0.3 is 5.97 Å². The fourth-order valence-corrected chi connectivity index (χ4v) is 4.70. The van der Waals surface area contributed by atoms with Crippen LogP contribution in [0.1, 0.15) is 42.9 Å². The van der Waals surface area contributed by atoms with Gasteiger partial charge in [-0.3, -0.25) is 14.4 Å². The predicted molar refractivity (Wildman–Crippen MR) is 98.0 cm³/mol. The normalized spacial score (nSPS) is 25.1. The molecule has 4 rings (SSSR count). The van der Waals surface area contributed by atoms with Gasteiger partial charge in [-0.25, -0.2) is 0 Å². The molecule has 1 amide bonds. The number of allylic oxidation sites excluding steroid dienone is 2. The molecule has 1 aliphatic heterocycles. The average molecular weight is 385 g/mol. The Balaban J connectivity index is 1.80. The van der Waals surface area contributed by atoms with Crippen LogP contribution in [-0.4, -0.2) is 24.3 Å². The maximum absolute atomic E-state index is 13.4. The number of carbonyl (C=O) groups excluding carboxylic acids is 3. The monoisotopic (exact) mass is 385 g/mol. The van der Waals surface area contributed by atoms with Crippen LogP contribution in [0.25, 0.3) is 0 Å². The molecule has 0 fully saturated rings. The van der Waals surface area contributed by atoms with Gasteiger partial charge in [0.2, 0.25) is 5.91 Å². The van der Waals surface area contributed by atoms with Gasteiger partial charge in [0, 0.05) is 29.5 Å². The van der Waals surface area contributed by atoms with Crippen LogP contribution in [0.3, 0.4) is 0 Å². The van der Waals surface area contributed by atoms with Gasteiger partial charge < -0.3 is 14.5 Å². The van der Waals surface area contributed by atoms with E-state index in [1.807, 2.05) is 16.8 Å². The molecule has 1 aliphatic carbocycles. The van der Waals surface area contributed by atoms with Crippen molar-refractivity contribution in [1.29, 1.82) is 0 Å². The highest BCUT2D eigenvalue weighted by atomic mass is 32.1. The van der Waals surface area contributed by atoms with E-state index < -0.39 is 17.8 Å². The zero-order valence-electron chi connectivity index (χ0n) is 14.8. The lowest BCUT2D eigenvalue weighted by atomic mass is 9.69. The maximum Gasteiger partial charge on any atom is 0.317 e. The summed E-state index contributed by atoms with van der Waals surface area (Å²) in [5, 5.41) is 6.72. The lowest BCUT2D eigenvalue weighted by Gasteiger charge is -2.36. The smallest absolute Gasteiger partial charge is 0.317 e. The van der Waals surface area contributed by atoms with E-state index >= 15 is 0 Å². The minimum Gasteiger partial charge on any atom is -0.469 e. The molecule has 2 aromatic rings. The lowest BCUT2D eigenvalue weighted by Crippen LogP contribution is -2.44. The Labute approximate surface area is 160 Å². The van der Waals surface area contributed by atoms with Crippen LogP contribution in [-0.2, 0) is 19.1 Å². The van der Waals surface area contributed by atoms with E-state index in [0.29, 0.717) is 23.5 Å². The van der Waals surface area contributed by atoms with E-state index in [4.69, 9.17) is 9.15 Å². The first-order valence-corrected chi connectivity index (χ1v) is 9.83. The van der Waals surface area contributed by atoms with Crippen LogP contribution in [0.15, 0.2) is 50.9 Å². The number of thiophene rings is 1. The molecule has 0 radical (unpaired) electrons. The Kier molecular flexibility index (Phi) is 4.70. The largest absolute Gasteiger partial charge is 0.469 e. The molecule has 0 spiro atoms. The molecular formula is C20H19NO5S. The first-order valence-electron chi connectivity index (χ1n) is 8.89. The highest BCUT2D eigenvalue weighted by molar-refractivity contribution is 7.08. The average Bonchev–Trinajstić information content (AvgIpc) is 3.34. The maximum atomic E-state index is 13.4. The van der Waals surface area contributed by atoms with Crippen LogP contribution in [0.4, 0.5) is 0 Å². The Morgan fingerprint density at radius 2 is 2.19 bits per heavy atom. The summed E-state index contributed by atoms with van der Waals surface area (Å²) in [7, 11) is 0. The fourth-order valence-electron chi connectivity index (χ4n) is 3.98. The van der Waals surface area contributed by atoms with Gasteiger partial charge in [-0.2, -0.15) is 11.3 Å². The van der Waals surface area contributed by atoms with Crippen molar-refractivity contribution >= 4 is 29.0 Å². The van der Waals surface area contributed by atoms with Gasteiger partial charge in [0.25, 0.3) is 0 Å². The van der Waals surface area contributed by atoms with Crippen molar-refractivity contribution < 1.29 is 23.5 Å². The Morgan fingerprint density at radius 1 is 1.33 bits per heavy atom. The fraction of sp³-hybridized carbons (Fsp3) is 0.350. The number of ether oxygens (including phenoxy) is 1. The van der Waals surface area contributed by atoms with Crippen molar-refractivity contribution in [3.05, 3.63) is 57.8 Å². The first kappa shape index (κ1) is 17.7. The molecular weight excluding hydrogens is 366 g/mol. The number of furan rings is 1. The molecule has 1 N–H and O–H groups in total. The molecule has 3 atom stereocenters. The van der Waals surface area contributed by atoms with Gasteiger partial charge in [-0.1, -0.05) is 0 Å². The topological polar surface area (TPSA) is 85.6 Å². The molecule has 140 valence electrons. The highest BCUT2D eigenvalue weighted by Gasteiger charge is 2.48. The summed E-state index contributed by atoms with van der Waals surface area (Å²) >= 11 is 1.52. The van der Waals surface area contributed by atoms with Gasteiger partial charge in [0.05, 0.1) is 12.9 Å². The van der Waals surface area contributed by atoms with Crippen LogP contribution in [0.2, 0.25) is 0 Å². The number of esters is 1. The molecule has 6 nitrogen and oxygen atoms in total. The molecule has 7 heteroatoms. The summed E-state index contributed by atoms with van der Waals surface area (Å²) in [5.41, 5.74) is 2.04. The summed E-state index contributed by atoms with van der Waals surface area (Å²) in [6, 6.07) is 5.39. The van der Waals surface area contributed by atoms with Crippen molar-refractivity contribution in [3.63, 3.8) is 0 Å². The molecule has 2 aliphatic rings. The molecule has 27 heavy (non-hydrogen) atoms. The Hall–Kier alpha value is -2.67. The zero-order chi connectivity index (χ0) is 19.0. The summed E-state index contributed by atoms with van der Waals surface area (Å²) in [5.74, 6) is -2.20. The standard InChI is InChI=1S/C20H19NO5S/c1-2-25-20(24)18-13(15-4-3-6-26-15)8-14-17(19(18)23)12(9-16(22)21-14)11-5-7-27-10-11/h3-7,10,12-13,18H,2,8-9H2,1H3,(H,21,22). The van der Waals surface area contributed by atoms with E-state index in [1.165, 1.54) is 17.6 Å². The molecule has 3 unspecified atom stereocenters. The number of hydrogen-bond acceptors (Lipinski definition) is 6. The first-order chi connectivity index (χ1) is 13.1. The van der Waals surface area contributed by atoms with Crippen LogP contribution in [0, 0.1) is 5.92 Å². The lowest BCUT2D eigenvalue weighted by molar-refractivity contribution is -0.152. The van der Waals surface area contributed by atoms with Crippen molar-refractivity contribution in [2.45, 2.75) is 31.6 Å². The number of carbonyl (C=O) groups is 3. The van der Waals surface area contributed by atoms with Crippen molar-refractivity contribution in [1.82, 2.24) is 5.32 Å². The minimum absolute atomic E-state index is 0.120. The van der Waals surface area contributed by atoms with E-state index in [-0.39, 0.29) is 30.6 Å². The van der Waals surface area contributed by atoms with Crippen molar-refractivity contribution in [2.24, 2.45) is 5.92 Å². The number of ketones is 1. The highest BCUT2D eigenvalue weighted by Crippen LogP contribution is 2.46. The SMILES string of the molecule is CCOC(=O)C1C(=O)C2=C(CC1c1ccco1)NC(=O)CC2c1ccsc1.